The lowest BCUT2D eigenvalue weighted by molar-refractivity contribution is 0.566. The first-order valence-corrected chi connectivity index (χ1v) is 6.60. The maximum absolute atomic E-state index is 6.12. The molecule has 6 heteroatoms. The average molecular weight is 251 g/mol. The fraction of sp³-hybridized carbons (Fsp3) is 0.545. The smallest absolute Gasteiger partial charge is 0.138 e. The van der Waals surface area contributed by atoms with E-state index in [2.05, 4.69) is 20.4 Å². The Morgan fingerprint density at radius 2 is 2.29 bits per heavy atom. The molecule has 17 heavy (non-hydrogen) atoms. The average Bonchev–Trinajstić information content (AvgIpc) is 2.87. The topological polar surface area (TPSA) is 69.6 Å². The van der Waals surface area contributed by atoms with E-state index in [1.807, 2.05) is 18.5 Å². The van der Waals surface area contributed by atoms with Crippen molar-refractivity contribution >= 4 is 11.3 Å². The maximum Gasteiger partial charge on any atom is 0.138 e. The second-order valence-corrected chi connectivity index (χ2v) is 4.99. The van der Waals surface area contributed by atoms with Crippen molar-refractivity contribution in [2.45, 2.75) is 39.3 Å². The Bertz CT molecular complexity index is 476. The van der Waals surface area contributed by atoms with Crippen LogP contribution in [0.3, 0.4) is 0 Å². The van der Waals surface area contributed by atoms with Crippen LogP contribution in [0.4, 0.5) is 0 Å². The van der Waals surface area contributed by atoms with Crippen LogP contribution in [-0.2, 0) is 19.4 Å². The fourth-order valence-corrected chi connectivity index (χ4v) is 2.60. The Balaban J connectivity index is 1.95. The van der Waals surface area contributed by atoms with Crippen molar-refractivity contribution in [3.8, 4) is 0 Å². The van der Waals surface area contributed by atoms with E-state index in [0.717, 1.165) is 35.9 Å². The van der Waals surface area contributed by atoms with Gasteiger partial charge in [0.1, 0.15) is 12.2 Å². The second-order valence-electron chi connectivity index (χ2n) is 4.04. The molecule has 2 aromatic heterocycles. The van der Waals surface area contributed by atoms with Crippen LogP contribution in [0.15, 0.2) is 11.7 Å². The number of nitrogens with two attached hydrogens (primary N) is 1. The Labute approximate surface area is 105 Å². The number of hydrogen-bond acceptors (Lipinski definition) is 5. The van der Waals surface area contributed by atoms with Crippen molar-refractivity contribution in [1.82, 2.24) is 19.7 Å². The molecule has 0 aliphatic rings. The van der Waals surface area contributed by atoms with Crippen LogP contribution in [0.2, 0.25) is 0 Å². The molecule has 0 fully saturated rings. The molecule has 2 heterocycles. The van der Waals surface area contributed by atoms with Crippen LogP contribution in [-0.4, -0.2) is 25.8 Å². The number of hydrogen-bond donors (Lipinski definition) is 1. The van der Waals surface area contributed by atoms with Gasteiger partial charge in [-0.25, -0.2) is 9.97 Å². The summed E-state index contributed by atoms with van der Waals surface area (Å²) >= 11 is 1.67. The minimum atomic E-state index is 0.0510. The van der Waals surface area contributed by atoms with Gasteiger partial charge in [-0.3, -0.25) is 4.68 Å². The van der Waals surface area contributed by atoms with Crippen molar-refractivity contribution in [1.29, 1.82) is 0 Å². The summed E-state index contributed by atoms with van der Waals surface area (Å²) < 4.78 is 1.88. The van der Waals surface area contributed by atoms with Gasteiger partial charge >= 0.3 is 0 Å². The van der Waals surface area contributed by atoms with Crippen LogP contribution in [0.25, 0.3) is 0 Å². The molecule has 1 unspecified atom stereocenters. The zero-order chi connectivity index (χ0) is 12.3. The molecule has 2 rings (SSSR count). The highest BCUT2D eigenvalue weighted by molar-refractivity contribution is 7.09. The van der Waals surface area contributed by atoms with Crippen LogP contribution in [0.5, 0.6) is 0 Å². The largest absolute Gasteiger partial charge is 0.327 e. The lowest BCUT2D eigenvalue weighted by Gasteiger charge is -2.09. The molecule has 0 aromatic carbocycles. The first-order valence-electron chi connectivity index (χ1n) is 5.72. The van der Waals surface area contributed by atoms with Gasteiger partial charge in [0.25, 0.3) is 0 Å². The second kappa shape index (κ2) is 5.37. The molecule has 0 amide bonds. The van der Waals surface area contributed by atoms with Gasteiger partial charge in [-0.05, 0) is 13.8 Å². The lowest BCUT2D eigenvalue weighted by Crippen LogP contribution is -2.27. The molecular weight excluding hydrogens is 234 g/mol. The van der Waals surface area contributed by atoms with E-state index in [4.69, 9.17) is 5.73 Å². The molecule has 0 saturated carbocycles. The van der Waals surface area contributed by atoms with E-state index in [1.54, 1.807) is 17.7 Å². The van der Waals surface area contributed by atoms with E-state index < -0.39 is 0 Å². The SMILES string of the molecule is CCn1ncnc1CC(N)Cc1nc(C)cs1. The number of aromatic nitrogens is 4. The van der Waals surface area contributed by atoms with Gasteiger partial charge in [-0.1, -0.05) is 0 Å². The highest BCUT2D eigenvalue weighted by atomic mass is 32.1. The summed E-state index contributed by atoms with van der Waals surface area (Å²) in [6.07, 6.45) is 3.13. The van der Waals surface area contributed by atoms with Crippen molar-refractivity contribution in [3.63, 3.8) is 0 Å². The van der Waals surface area contributed by atoms with E-state index >= 15 is 0 Å². The van der Waals surface area contributed by atoms with Gasteiger partial charge in [-0.2, -0.15) is 5.10 Å². The summed E-state index contributed by atoms with van der Waals surface area (Å²) in [4.78, 5) is 8.65. The zero-order valence-corrected chi connectivity index (χ0v) is 10.9. The molecule has 0 spiro atoms. The van der Waals surface area contributed by atoms with Crippen LogP contribution in [0.1, 0.15) is 23.4 Å². The van der Waals surface area contributed by atoms with E-state index in [9.17, 15) is 0 Å². The summed E-state index contributed by atoms with van der Waals surface area (Å²) in [6, 6.07) is 0.0510. The summed E-state index contributed by atoms with van der Waals surface area (Å²) in [7, 11) is 0. The van der Waals surface area contributed by atoms with Crippen LogP contribution in [0, 0.1) is 6.92 Å². The fourth-order valence-electron chi connectivity index (χ4n) is 1.74. The molecule has 2 N–H and O–H groups in total. The monoisotopic (exact) mass is 251 g/mol. The highest BCUT2D eigenvalue weighted by Crippen LogP contribution is 2.11. The summed E-state index contributed by atoms with van der Waals surface area (Å²) in [6.45, 7) is 4.88. The first kappa shape index (κ1) is 12.2. The molecule has 0 bridgehead atoms. The standard InChI is InChI=1S/C11H17N5S/c1-3-16-10(13-7-14-16)4-9(12)5-11-15-8(2)6-17-11/h6-7,9H,3-5,12H2,1-2H3. The normalized spacial score (nSPS) is 12.9. The molecular formula is C11H17N5S. The zero-order valence-electron chi connectivity index (χ0n) is 10.1. The van der Waals surface area contributed by atoms with Crippen molar-refractivity contribution in [2.24, 2.45) is 5.73 Å². The summed E-state index contributed by atoms with van der Waals surface area (Å²) in [5, 5.41) is 7.28. The molecule has 0 aliphatic carbocycles. The minimum Gasteiger partial charge on any atom is -0.327 e. The third kappa shape index (κ3) is 3.10. The Morgan fingerprint density at radius 1 is 1.47 bits per heavy atom. The lowest BCUT2D eigenvalue weighted by atomic mass is 10.1. The quantitative estimate of drug-likeness (QED) is 0.866. The number of nitrogens with zero attached hydrogens (tertiary/aromatic N) is 4. The predicted octanol–water partition coefficient (Wildman–Crippen LogP) is 1.18. The molecule has 1 atom stereocenters. The molecule has 0 radical (unpaired) electrons. The van der Waals surface area contributed by atoms with Gasteiger partial charge in [0.15, 0.2) is 0 Å². The highest BCUT2D eigenvalue weighted by Gasteiger charge is 2.11. The van der Waals surface area contributed by atoms with E-state index in [-0.39, 0.29) is 6.04 Å². The molecule has 5 nitrogen and oxygen atoms in total. The molecule has 0 saturated heterocycles. The third-order valence-corrected chi connectivity index (χ3v) is 3.53. The minimum absolute atomic E-state index is 0.0510. The Morgan fingerprint density at radius 3 is 2.94 bits per heavy atom. The predicted molar refractivity (Wildman–Crippen MR) is 67.9 cm³/mol. The number of thiazole rings is 1. The Hall–Kier alpha value is -1.27. The molecule has 0 aliphatic heterocycles. The van der Waals surface area contributed by atoms with E-state index in [0.29, 0.717) is 0 Å². The maximum atomic E-state index is 6.12. The first-order chi connectivity index (χ1) is 8.19. The van der Waals surface area contributed by atoms with Gasteiger partial charge in [0.05, 0.1) is 5.01 Å². The van der Waals surface area contributed by atoms with Gasteiger partial charge in [-0.15, -0.1) is 11.3 Å². The summed E-state index contributed by atoms with van der Waals surface area (Å²) in [5.41, 5.74) is 7.18. The van der Waals surface area contributed by atoms with Gasteiger partial charge in [0, 0.05) is 36.5 Å². The molecule has 2 aromatic rings. The molecule has 92 valence electrons. The van der Waals surface area contributed by atoms with Crippen LogP contribution >= 0.6 is 11.3 Å². The van der Waals surface area contributed by atoms with Gasteiger partial charge in [0.2, 0.25) is 0 Å². The number of aryl methyl sites for hydroxylation is 2. The van der Waals surface area contributed by atoms with E-state index in [1.165, 1.54) is 0 Å². The van der Waals surface area contributed by atoms with Crippen LogP contribution < -0.4 is 5.73 Å². The van der Waals surface area contributed by atoms with Crippen molar-refractivity contribution in [3.05, 3.63) is 28.2 Å². The summed E-state index contributed by atoms with van der Waals surface area (Å²) in [5.74, 6) is 0.952. The third-order valence-electron chi connectivity index (χ3n) is 2.54. The number of rotatable bonds is 5. The Kier molecular flexibility index (Phi) is 3.86. The van der Waals surface area contributed by atoms with Crippen molar-refractivity contribution in [2.75, 3.05) is 0 Å². The van der Waals surface area contributed by atoms with Gasteiger partial charge < -0.3 is 5.73 Å². The van der Waals surface area contributed by atoms with Crippen molar-refractivity contribution < 1.29 is 0 Å².